The summed E-state index contributed by atoms with van der Waals surface area (Å²) in [5, 5.41) is -0.293. The summed E-state index contributed by atoms with van der Waals surface area (Å²) < 4.78 is 43.9. The first-order valence-corrected chi connectivity index (χ1v) is 10.6. The van der Waals surface area contributed by atoms with Gasteiger partial charge in [-0.05, 0) is 30.3 Å². The lowest BCUT2D eigenvalue weighted by Crippen LogP contribution is -2.31. The number of carbonyl (C=O) groups excluding carboxylic acids is 1. The zero-order valence-electron chi connectivity index (χ0n) is 16.6. The minimum Gasteiger partial charge on any atom is -0.434 e. The number of halogens is 6. The van der Waals surface area contributed by atoms with E-state index in [0.29, 0.717) is 37.6 Å². The highest BCUT2D eigenvalue weighted by molar-refractivity contribution is 6.38. The normalized spacial score (nSPS) is 14.2. The van der Waals surface area contributed by atoms with Crippen LogP contribution in [0.4, 0.5) is 23.7 Å². The van der Waals surface area contributed by atoms with Crippen LogP contribution in [0.15, 0.2) is 48.8 Å². The number of benzene rings is 1. The van der Waals surface area contributed by atoms with E-state index >= 15 is 0 Å². The fourth-order valence-electron chi connectivity index (χ4n) is 3.21. The Hall–Kier alpha value is -2.75. The van der Waals surface area contributed by atoms with Crippen molar-refractivity contribution in [3.05, 3.63) is 75.1 Å². The van der Waals surface area contributed by atoms with E-state index in [-0.39, 0.29) is 32.7 Å². The molecule has 3 aromatic rings. The number of alkyl halides is 3. The first-order valence-electron chi connectivity index (χ1n) is 9.49. The van der Waals surface area contributed by atoms with E-state index < -0.39 is 11.7 Å². The molecule has 0 atom stereocenters. The van der Waals surface area contributed by atoms with Gasteiger partial charge in [0.05, 0.1) is 27.8 Å². The maximum Gasteiger partial charge on any atom is 0.417 e. The summed E-state index contributed by atoms with van der Waals surface area (Å²) in [6.45, 7) is 1.25. The summed E-state index contributed by atoms with van der Waals surface area (Å²) in [5.74, 6) is -0.340. The third-order valence-electron chi connectivity index (χ3n) is 4.80. The van der Waals surface area contributed by atoms with Crippen LogP contribution in [-0.4, -0.2) is 34.0 Å². The molecule has 1 fully saturated rings. The van der Waals surface area contributed by atoms with Gasteiger partial charge in [0.25, 0.3) is 0 Å². The molecule has 0 saturated carbocycles. The molecule has 3 heterocycles. The number of amides is 2. The average molecular weight is 518 g/mol. The number of urea groups is 1. The molecule has 1 saturated heterocycles. The van der Waals surface area contributed by atoms with E-state index in [1.165, 1.54) is 17.0 Å². The molecule has 1 aliphatic rings. The molecule has 0 unspecified atom stereocenters. The van der Waals surface area contributed by atoms with Gasteiger partial charge in [-0.15, -0.1) is 0 Å². The molecule has 12 heteroatoms. The lowest BCUT2D eigenvalue weighted by atomic mass is 10.2. The van der Waals surface area contributed by atoms with E-state index in [0.717, 1.165) is 5.69 Å². The number of pyridine rings is 2. The monoisotopic (exact) mass is 516 g/mol. The number of carbonyl (C=O) groups is 1. The Morgan fingerprint density at radius 2 is 1.73 bits per heavy atom. The molecule has 1 aliphatic heterocycles. The Kier molecular flexibility index (Phi) is 6.56. The Morgan fingerprint density at radius 3 is 2.33 bits per heavy atom. The number of nitrogens with zero attached hydrogens (tertiary/aromatic N) is 4. The first-order chi connectivity index (χ1) is 15.6. The predicted octanol–water partition coefficient (Wildman–Crippen LogP) is 6.69. The maximum absolute atomic E-state index is 12.9. The highest BCUT2D eigenvalue weighted by Crippen LogP contribution is 2.42. The first kappa shape index (κ1) is 23.4. The average Bonchev–Trinajstić information content (AvgIpc) is 3.11. The zero-order valence-corrected chi connectivity index (χ0v) is 18.9. The van der Waals surface area contributed by atoms with Gasteiger partial charge in [0.1, 0.15) is 5.02 Å². The molecule has 1 aromatic carbocycles. The molecule has 2 amide bonds. The second-order valence-electron chi connectivity index (χ2n) is 7.03. The number of hydrogen-bond acceptors (Lipinski definition) is 4. The largest absolute Gasteiger partial charge is 0.434 e. The van der Waals surface area contributed by atoms with Crippen molar-refractivity contribution in [2.24, 2.45) is 0 Å². The second-order valence-corrected chi connectivity index (χ2v) is 8.25. The van der Waals surface area contributed by atoms with Crippen LogP contribution in [-0.2, 0) is 12.7 Å². The molecular weight excluding hydrogens is 504 g/mol. The van der Waals surface area contributed by atoms with E-state index in [9.17, 15) is 18.0 Å². The van der Waals surface area contributed by atoms with Crippen LogP contribution in [0.5, 0.6) is 11.6 Å². The van der Waals surface area contributed by atoms with Gasteiger partial charge in [-0.1, -0.05) is 40.9 Å². The topological polar surface area (TPSA) is 58.6 Å². The standard InChI is InChI=1S/C21H14Cl3F3N4O2/c22-15-8-14(31-6-5-30(20(31)32)11-13-3-1-2-4-28-13)9-16(23)18(15)33-19-17(24)7-12(10-29-19)21(25,26)27/h1-4,7-10H,5-6,11H2. The van der Waals surface area contributed by atoms with Gasteiger partial charge >= 0.3 is 12.2 Å². The van der Waals surface area contributed by atoms with Crippen LogP contribution in [0.3, 0.4) is 0 Å². The maximum atomic E-state index is 12.9. The fourth-order valence-corrected chi connectivity index (χ4v) is 3.97. The molecular formula is C21H14Cl3F3N4O2. The molecule has 0 bridgehead atoms. The summed E-state index contributed by atoms with van der Waals surface area (Å²) in [4.78, 5) is 23.8. The van der Waals surface area contributed by atoms with Gasteiger partial charge in [-0.3, -0.25) is 9.88 Å². The van der Waals surface area contributed by atoms with Gasteiger partial charge < -0.3 is 9.64 Å². The van der Waals surface area contributed by atoms with Crippen molar-refractivity contribution in [1.29, 1.82) is 0 Å². The van der Waals surface area contributed by atoms with Crippen molar-refractivity contribution in [2.45, 2.75) is 12.7 Å². The summed E-state index contributed by atoms with van der Waals surface area (Å²) in [7, 11) is 0. The highest BCUT2D eigenvalue weighted by Gasteiger charge is 2.33. The Labute approximate surface area is 201 Å². The molecule has 0 spiro atoms. The number of rotatable bonds is 5. The van der Waals surface area contributed by atoms with Crippen molar-refractivity contribution in [3.8, 4) is 11.6 Å². The van der Waals surface area contributed by atoms with Crippen LogP contribution >= 0.6 is 34.8 Å². The summed E-state index contributed by atoms with van der Waals surface area (Å²) in [6, 6.07) is 8.87. The van der Waals surface area contributed by atoms with Crippen molar-refractivity contribution >= 4 is 46.5 Å². The Bertz CT molecular complexity index is 1170. The predicted molar refractivity (Wildman–Crippen MR) is 118 cm³/mol. The fraction of sp³-hybridized carbons (Fsp3) is 0.190. The van der Waals surface area contributed by atoms with Crippen molar-refractivity contribution in [1.82, 2.24) is 14.9 Å². The highest BCUT2D eigenvalue weighted by atomic mass is 35.5. The molecule has 0 N–H and O–H groups in total. The lowest BCUT2D eigenvalue weighted by molar-refractivity contribution is -0.137. The third-order valence-corrected chi connectivity index (χ3v) is 5.63. The number of ether oxygens (including phenoxy) is 1. The minimum absolute atomic E-state index is 0.0336. The van der Waals surface area contributed by atoms with Gasteiger partial charge in [-0.2, -0.15) is 13.2 Å². The lowest BCUT2D eigenvalue weighted by Gasteiger charge is -2.20. The smallest absolute Gasteiger partial charge is 0.417 e. The van der Waals surface area contributed by atoms with Gasteiger partial charge in [-0.25, -0.2) is 9.78 Å². The van der Waals surface area contributed by atoms with Crippen LogP contribution in [0.25, 0.3) is 0 Å². The van der Waals surface area contributed by atoms with Crippen LogP contribution in [0.1, 0.15) is 11.3 Å². The SMILES string of the molecule is O=C1N(Cc2ccccn2)CCN1c1cc(Cl)c(Oc2ncc(C(F)(F)F)cc2Cl)c(Cl)c1. The molecule has 6 nitrogen and oxygen atoms in total. The van der Waals surface area contributed by atoms with Crippen LogP contribution in [0.2, 0.25) is 15.1 Å². The zero-order chi connectivity index (χ0) is 23.8. The van der Waals surface area contributed by atoms with Gasteiger partial charge in [0.2, 0.25) is 5.88 Å². The van der Waals surface area contributed by atoms with Crippen molar-refractivity contribution in [2.75, 3.05) is 18.0 Å². The Balaban J connectivity index is 1.53. The van der Waals surface area contributed by atoms with E-state index in [1.807, 2.05) is 12.1 Å². The van der Waals surface area contributed by atoms with Crippen LogP contribution in [0, 0.1) is 0 Å². The quantitative estimate of drug-likeness (QED) is 0.378. The summed E-state index contributed by atoms with van der Waals surface area (Å²) in [5.41, 5.74) is 0.181. The molecule has 4 rings (SSSR count). The van der Waals surface area contributed by atoms with E-state index in [2.05, 4.69) is 9.97 Å². The van der Waals surface area contributed by atoms with E-state index in [1.54, 1.807) is 17.2 Å². The number of hydrogen-bond donors (Lipinski definition) is 0. The van der Waals surface area contributed by atoms with Gasteiger partial charge in [0.15, 0.2) is 5.75 Å². The van der Waals surface area contributed by atoms with E-state index in [4.69, 9.17) is 39.5 Å². The second kappa shape index (κ2) is 9.24. The number of anilines is 1. The van der Waals surface area contributed by atoms with Crippen LogP contribution < -0.4 is 9.64 Å². The van der Waals surface area contributed by atoms with Crippen molar-refractivity contribution < 1.29 is 22.7 Å². The van der Waals surface area contributed by atoms with Gasteiger partial charge in [0, 0.05) is 31.2 Å². The summed E-state index contributed by atoms with van der Waals surface area (Å²) >= 11 is 18.5. The number of aromatic nitrogens is 2. The molecule has 33 heavy (non-hydrogen) atoms. The third kappa shape index (κ3) is 5.10. The van der Waals surface area contributed by atoms with Crippen molar-refractivity contribution in [3.63, 3.8) is 0 Å². The molecule has 2 aromatic heterocycles. The Morgan fingerprint density at radius 1 is 1.00 bits per heavy atom. The molecule has 172 valence electrons. The molecule has 0 aliphatic carbocycles. The minimum atomic E-state index is -4.60. The summed E-state index contributed by atoms with van der Waals surface area (Å²) in [6.07, 6.45) is -2.35. The molecule has 0 radical (unpaired) electrons.